The summed E-state index contributed by atoms with van der Waals surface area (Å²) in [6.07, 6.45) is 1.68. The fourth-order valence-electron chi connectivity index (χ4n) is 2.47. The molecule has 0 saturated heterocycles. The summed E-state index contributed by atoms with van der Waals surface area (Å²) in [6, 6.07) is 12.0. The first-order chi connectivity index (χ1) is 11.6. The zero-order chi connectivity index (χ0) is 16.7. The van der Waals surface area contributed by atoms with Crippen LogP contribution in [-0.2, 0) is 0 Å². The lowest BCUT2D eigenvalue weighted by Crippen LogP contribution is -1.91. The van der Waals surface area contributed by atoms with Gasteiger partial charge in [0.25, 0.3) is 0 Å². The molecule has 0 amide bonds. The maximum atomic E-state index is 13.4. The number of rotatable bonds is 2. The summed E-state index contributed by atoms with van der Waals surface area (Å²) in [6.45, 7) is 0. The summed E-state index contributed by atoms with van der Waals surface area (Å²) in [5.41, 5.74) is 9.48. The lowest BCUT2D eigenvalue weighted by atomic mass is 10.0. The summed E-state index contributed by atoms with van der Waals surface area (Å²) in [5.74, 6) is -0.461. The summed E-state index contributed by atoms with van der Waals surface area (Å²) in [4.78, 5) is 14.0. The minimum atomic E-state index is -0.461. The first kappa shape index (κ1) is 15.0. The highest BCUT2D eigenvalue weighted by molar-refractivity contribution is 7.21. The molecular weight excluding hydrogens is 347 g/mol. The van der Waals surface area contributed by atoms with Crippen LogP contribution < -0.4 is 5.73 Å². The molecule has 0 bridgehead atoms. The number of hydrogen-bond donors (Lipinski definition) is 1. The van der Waals surface area contributed by atoms with Crippen molar-refractivity contribution in [2.24, 2.45) is 0 Å². The zero-order valence-corrected chi connectivity index (χ0v) is 13.8. The molecule has 0 aliphatic carbocycles. The Morgan fingerprint density at radius 3 is 2.79 bits per heavy atom. The van der Waals surface area contributed by atoms with E-state index in [0.717, 1.165) is 27.2 Å². The molecular formula is C17H10ClFN4S. The van der Waals surface area contributed by atoms with E-state index in [2.05, 4.69) is 15.0 Å². The highest BCUT2D eigenvalue weighted by atomic mass is 35.5. The average Bonchev–Trinajstić information content (AvgIpc) is 2.96. The Balaban J connectivity index is 1.89. The van der Waals surface area contributed by atoms with Gasteiger partial charge in [0.2, 0.25) is 0 Å². The number of aromatic nitrogens is 3. The second kappa shape index (κ2) is 5.81. The fourth-order valence-corrected chi connectivity index (χ4v) is 3.35. The normalized spacial score (nSPS) is 11.1. The van der Waals surface area contributed by atoms with Crippen molar-refractivity contribution in [3.63, 3.8) is 0 Å². The van der Waals surface area contributed by atoms with Gasteiger partial charge < -0.3 is 5.73 Å². The number of nitrogens with two attached hydrogens (primary N) is 1. The Bertz CT molecular complexity index is 1060. The number of benzene rings is 1. The van der Waals surface area contributed by atoms with E-state index in [0.29, 0.717) is 10.8 Å². The van der Waals surface area contributed by atoms with Crippen molar-refractivity contribution in [3.05, 3.63) is 59.5 Å². The molecule has 1 aromatic carbocycles. The zero-order valence-electron chi connectivity index (χ0n) is 12.2. The first-order valence-corrected chi connectivity index (χ1v) is 8.25. The molecule has 0 spiro atoms. The molecule has 2 N–H and O–H groups in total. The molecule has 4 nitrogen and oxygen atoms in total. The average molecular weight is 357 g/mol. The second-order valence-electron chi connectivity index (χ2n) is 5.10. The molecule has 0 atom stereocenters. The number of halogens is 2. The van der Waals surface area contributed by atoms with Gasteiger partial charge in [0.15, 0.2) is 5.13 Å². The molecule has 0 aliphatic rings. The number of nitrogen functional groups attached to an aromatic ring is 1. The number of hydrogen-bond acceptors (Lipinski definition) is 5. The van der Waals surface area contributed by atoms with Gasteiger partial charge in [0.1, 0.15) is 16.2 Å². The van der Waals surface area contributed by atoms with E-state index in [-0.39, 0.29) is 5.02 Å². The molecule has 24 heavy (non-hydrogen) atoms. The molecule has 0 radical (unpaired) electrons. The van der Waals surface area contributed by atoms with Gasteiger partial charge in [-0.3, -0.25) is 4.98 Å². The Hall–Kier alpha value is -2.57. The Labute approximate surface area is 145 Å². The van der Waals surface area contributed by atoms with E-state index < -0.39 is 5.82 Å². The van der Waals surface area contributed by atoms with Crippen molar-refractivity contribution in [1.29, 1.82) is 0 Å². The van der Waals surface area contributed by atoms with Crippen LogP contribution in [0, 0.1) is 5.82 Å². The summed E-state index contributed by atoms with van der Waals surface area (Å²) >= 11 is 7.24. The number of nitrogens with zero attached hydrogens (tertiary/aromatic N) is 3. The number of pyridine rings is 2. The molecule has 3 aromatic heterocycles. The molecule has 0 saturated carbocycles. The molecule has 4 aromatic rings. The van der Waals surface area contributed by atoms with Gasteiger partial charge in [0, 0.05) is 17.3 Å². The smallest absolute Gasteiger partial charge is 0.182 e. The van der Waals surface area contributed by atoms with E-state index in [1.54, 1.807) is 18.3 Å². The molecule has 118 valence electrons. The van der Waals surface area contributed by atoms with Gasteiger partial charge >= 0.3 is 0 Å². The SMILES string of the molecule is Nc1nc2ccc(-c3cccnc3-c3ccc(F)c(Cl)c3)nc2s1. The second-order valence-corrected chi connectivity index (χ2v) is 6.52. The minimum Gasteiger partial charge on any atom is -0.375 e. The van der Waals surface area contributed by atoms with Crippen LogP contribution in [0.4, 0.5) is 9.52 Å². The standard InChI is InChI=1S/C17H10ClFN4S/c18-11-8-9(3-4-12(11)19)15-10(2-1-7-21-15)13-5-6-14-16(22-13)24-17(20)23-14/h1-8H,(H2,20,23). The summed E-state index contributed by atoms with van der Waals surface area (Å²) < 4.78 is 13.4. The van der Waals surface area contributed by atoms with Crippen LogP contribution in [-0.4, -0.2) is 15.0 Å². The third-order valence-electron chi connectivity index (χ3n) is 3.55. The van der Waals surface area contributed by atoms with Crippen LogP contribution in [0.5, 0.6) is 0 Å². The quantitative estimate of drug-likeness (QED) is 0.560. The van der Waals surface area contributed by atoms with Crippen molar-refractivity contribution in [3.8, 4) is 22.5 Å². The van der Waals surface area contributed by atoms with Crippen molar-refractivity contribution in [2.45, 2.75) is 0 Å². The lowest BCUT2D eigenvalue weighted by Gasteiger charge is -2.09. The van der Waals surface area contributed by atoms with E-state index in [4.69, 9.17) is 17.3 Å². The lowest BCUT2D eigenvalue weighted by molar-refractivity contribution is 0.628. The highest BCUT2D eigenvalue weighted by Crippen LogP contribution is 2.33. The molecule has 0 unspecified atom stereocenters. The predicted molar refractivity (Wildman–Crippen MR) is 95.5 cm³/mol. The van der Waals surface area contributed by atoms with Gasteiger partial charge in [-0.1, -0.05) is 22.9 Å². The van der Waals surface area contributed by atoms with E-state index in [9.17, 15) is 4.39 Å². The Morgan fingerprint density at radius 2 is 1.96 bits per heavy atom. The molecule has 3 heterocycles. The van der Waals surface area contributed by atoms with Crippen LogP contribution in [0.1, 0.15) is 0 Å². The van der Waals surface area contributed by atoms with Gasteiger partial charge in [-0.15, -0.1) is 0 Å². The molecule has 4 rings (SSSR count). The largest absolute Gasteiger partial charge is 0.375 e. The van der Waals surface area contributed by atoms with E-state index in [1.165, 1.54) is 17.4 Å². The first-order valence-electron chi connectivity index (χ1n) is 7.06. The van der Waals surface area contributed by atoms with Crippen LogP contribution in [0.15, 0.2) is 48.7 Å². The highest BCUT2D eigenvalue weighted by Gasteiger charge is 2.13. The number of fused-ring (bicyclic) bond motifs is 1. The predicted octanol–water partition coefficient (Wildman–Crippen LogP) is 4.80. The van der Waals surface area contributed by atoms with Gasteiger partial charge in [-0.25, -0.2) is 14.4 Å². The Kier molecular flexibility index (Phi) is 3.63. The van der Waals surface area contributed by atoms with Crippen LogP contribution >= 0.6 is 22.9 Å². The van der Waals surface area contributed by atoms with Crippen molar-refractivity contribution in [2.75, 3.05) is 5.73 Å². The fraction of sp³-hybridized carbons (Fsp3) is 0. The minimum absolute atomic E-state index is 0.0581. The molecule has 0 fully saturated rings. The maximum absolute atomic E-state index is 13.4. The van der Waals surface area contributed by atoms with Crippen LogP contribution in [0.3, 0.4) is 0 Å². The van der Waals surface area contributed by atoms with Crippen molar-refractivity contribution >= 4 is 38.4 Å². The summed E-state index contributed by atoms with van der Waals surface area (Å²) in [7, 11) is 0. The molecule has 0 aliphatic heterocycles. The third kappa shape index (κ3) is 2.60. The van der Waals surface area contributed by atoms with Crippen molar-refractivity contribution < 1.29 is 4.39 Å². The maximum Gasteiger partial charge on any atom is 0.182 e. The van der Waals surface area contributed by atoms with Crippen molar-refractivity contribution in [1.82, 2.24) is 15.0 Å². The Morgan fingerprint density at radius 1 is 1.08 bits per heavy atom. The van der Waals surface area contributed by atoms with Crippen LogP contribution in [0.25, 0.3) is 32.9 Å². The number of thiazole rings is 1. The van der Waals surface area contributed by atoms with Crippen LogP contribution in [0.2, 0.25) is 5.02 Å². The van der Waals surface area contributed by atoms with Gasteiger partial charge in [0.05, 0.1) is 16.4 Å². The topological polar surface area (TPSA) is 64.7 Å². The molecule has 7 heteroatoms. The van der Waals surface area contributed by atoms with E-state index in [1.807, 2.05) is 24.3 Å². The van der Waals surface area contributed by atoms with Gasteiger partial charge in [-0.05, 0) is 42.5 Å². The third-order valence-corrected chi connectivity index (χ3v) is 4.63. The number of anilines is 1. The van der Waals surface area contributed by atoms with Gasteiger partial charge in [-0.2, -0.15) is 0 Å². The monoisotopic (exact) mass is 356 g/mol. The summed E-state index contributed by atoms with van der Waals surface area (Å²) in [5, 5.41) is 0.536. The van der Waals surface area contributed by atoms with E-state index >= 15 is 0 Å².